The number of rotatable bonds is 4. The van der Waals surface area contributed by atoms with E-state index in [0.717, 1.165) is 40.5 Å². The van der Waals surface area contributed by atoms with Crippen LogP contribution in [0.4, 0.5) is 0 Å². The lowest BCUT2D eigenvalue weighted by Crippen LogP contribution is -2.31. The third kappa shape index (κ3) is 3.07. The van der Waals surface area contributed by atoms with E-state index in [1.165, 1.54) is 16.0 Å². The molecule has 1 aliphatic rings. The van der Waals surface area contributed by atoms with Crippen LogP contribution in [0.25, 0.3) is 15.9 Å². The molecule has 0 saturated heterocycles. The summed E-state index contributed by atoms with van der Waals surface area (Å²) in [6, 6.07) is 4.01. The molecule has 28 heavy (non-hydrogen) atoms. The fraction of sp³-hybridized carbons (Fsp3) is 0.400. The van der Waals surface area contributed by atoms with Gasteiger partial charge in [-0.3, -0.25) is 4.98 Å². The number of aromatic nitrogens is 5. The van der Waals surface area contributed by atoms with Gasteiger partial charge in [0.2, 0.25) is 0 Å². The lowest BCUT2D eigenvalue weighted by Gasteiger charge is -2.30. The Labute approximate surface area is 166 Å². The Kier molecular flexibility index (Phi) is 4.15. The second kappa shape index (κ2) is 6.58. The normalized spacial score (nSPS) is 16.0. The Bertz CT molecular complexity index is 1160. The van der Waals surface area contributed by atoms with Gasteiger partial charge < -0.3 is 10.1 Å². The Hall–Kier alpha value is -2.42. The van der Waals surface area contributed by atoms with Crippen LogP contribution >= 0.6 is 11.3 Å². The van der Waals surface area contributed by atoms with E-state index < -0.39 is 0 Å². The molecule has 0 aliphatic carbocycles. The van der Waals surface area contributed by atoms with E-state index in [9.17, 15) is 0 Å². The number of nitrogens with zero attached hydrogens (tertiary/aromatic N) is 5. The van der Waals surface area contributed by atoms with Gasteiger partial charge >= 0.3 is 0 Å². The minimum atomic E-state index is -0.169. The summed E-state index contributed by atoms with van der Waals surface area (Å²) in [5.74, 6) is 1.63. The molecule has 0 saturated carbocycles. The summed E-state index contributed by atoms with van der Waals surface area (Å²) in [6.45, 7) is 8.25. The first-order valence-corrected chi connectivity index (χ1v) is 10.2. The average molecular weight is 395 g/mol. The molecule has 144 valence electrons. The molecule has 0 spiro atoms. The molecule has 5 rings (SSSR count). The predicted octanol–water partition coefficient (Wildman–Crippen LogP) is 3.18. The number of ether oxygens (including phenoxy) is 1. The molecule has 8 heteroatoms. The Morgan fingerprint density at radius 1 is 1.21 bits per heavy atom. The monoisotopic (exact) mass is 394 g/mol. The van der Waals surface area contributed by atoms with Crippen LogP contribution in [0.15, 0.2) is 24.5 Å². The van der Waals surface area contributed by atoms with Crippen molar-refractivity contribution in [3.05, 3.63) is 52.2 Å². The second-order valence-corrected chi connectivity index (χ2v) is 8.87. The third-order valence-electron chi connectivity index (χ3n) is 5.07. The van der Waals surface area contributed by atoms with Crippen LogP contribution in [0.2, 0.25) is 0 Å². The molecule has 0 aromatic carbocycles. The van der Waals surface area contributed by atoms with Gasteiger partial charge in [-0.1, -0.05) is 0 Å². The van der Waals surface area contributed by atoms with E-state index >= 15 is 0 Å². The van der Waals surface area contributed by atoms with E-state index in [1.54, 1.807) is 23.7 Å². The minimum Gasteiger partial charge on any atom is -0.370 e. The molecule has 0 amide bonds. The number of hydrogen-bond acceptors (Lipinski definition) is 7. The van der Waals surface area contributed by atoms with Crippen molar-refractivity contribution in [2.45, 2.75) is 52.5 Å². The van der Waals surface area contributed by atoms with Crippen molar-refractivity contribution in [1.82, 2.24) is 29.9 Å². The number of aryl methyl sites for hydroxylation is 1. The molecule has 0 bridgehead atoms. The number of fused-ring (bicyclic) bond motifs is 5. The van der Waals surface area contributed by atoms with Crippen molar-refractivity contribution >= 4 is 27.2 Å². The molecule has 4 aromatic heterocycles. The molecule has 0 fully saturated rings. The number of nitrogens with one attached hydrogen (secondary N) is 1. The lowest BCUT2D eigenvalue weighted by molar-refractivity contribution is -0.0379. The molecule has 1 aliphatic heterocycles. The maximum absolute atomic E-state index is 5.99. The Morgan fingerprint density at radius 3 is 2.86 bits per heavy atom. The smallest absolute Gasteiger partial charge is 0.168 e. The molecule has 5 heterocycles. The van der Waals surface area contributed by atoms with Gasteiger partial charge in [-0.25, -0.2) is 9.97 Å². The second-order valence-electron chi connectivity index (χ2n) is 7.79. The summed E-state index contributed by atoms with van der Waals surface area (Å²) in [4.78, 5) is 16.0. The highest BCUT2D eigenvalue weighted by Gasteiger charge is 2.31. The maximum atomic E-state index is 5.99. The molecule has 0 radical (unpaired) electrons. The van der Waals surface area contributed by atoms with E-state index in [1.807, 2.05) is 23.6 Å². The van der Waals surface area contributed by atoms with Crippen LogP contribution in [-0.2, 0) is 30.9 Å². The van der Waals surface area contributed by atoms with E-state index in [2.05, 4.69) is 24.1 Å². The van der Waals surface area contributed by atoms with E-state index in [4.69, 9.17) is 19.8 Å². The van der Waals surface area contributed by atoms with Crippen molar-refractivity contribution in [2.75, 3.05) is 0 Å². The fourth-order valence-corrected chi connectivity index (χ4v) is 4.82. The first kappa shape index (κ1) is 17.7. The van der Waals surface area contributed by atoms with E-state index in [-0.39, 0.29) is 5.60 Å². The standard InChI is InChI=1S/C20H22N6OS/c1-12-23-19-17(14-8-20(2,3)27-11-15(14)28-19)18-24-16(25-26(12)18)10-22-9-13-4-6-21-7-5-13/h4-7,22H,8-11H2,1-3H3. The summed E-state index contributed by atoms with van der Waals surface area (Å²) < 4.78 is 7.87. The SMILES string of the molecule is Cc1nc2sc3c(c2c2nc(CNCc4ccncc4)nn12)CC(C)(C)OC3. The molecule has 0 atom stereocenters. The van der Waals surface area contributed by atoms with Gasteiger partial charge in [0, 0.05) is 30.2 Å². The average Bonchev–Trinajstić information content (AvgIpc) is 3.23. The molecule has 4 aromatic rings. The van der Waals surface area contributed by atoms with Gasteiger partial charge in [0.1, 0.15) is 10.7 Å². The topological polar surface area (TPSA) is 77.2 Å². The summed E-state index contributed by atoms with van der Waals surface area (Å²) in [6.07, 6.45) is 4.47. The number of pyridine rings is 1. The van der Waals surface area contributed by atoms with Crippen LogP contribution < -0.4 is 5.32 Å². The predicted molar refractivity (Wildman–Crippen MR) is 108 cm³/mol. The Morgan fingerprint density at radius 2 is 2.04 bits per heavy atom. The number of hydrogen-bond donors (Lipinski definition) is 1. The minimum absolute atomic E-state index is 0.169. The fourth-order valence-electron chi connectivity index (χ4n) is 3.68. The first-order valence-electron chi connectivity index (χ1n) is 9.40. The molecular weight excluding hydrogens is 372 g/mol. The lowest BCUT2D eigenvalue weighted by atomic mass is 9.94. The highest BCUT2D eigenvalue weighted by molar-refractivity contribution is 7.19. The van der Waals surface area contributed by atoms with Crippen LogP contribution in [0.3, 0.4) is 0 Å². The van der Waals surface area contributed by atoms with Crippen molar-refractivity contribution in [3.63, 3.8) is 0 Å². The van der Waals surface area contributed by atoms with Crippen molar-refractivity contribution in [3.8, 4) is 0 Å². The van der Waals surface area contributed by atoms with Gasteiger partial charge in [-0.2, -0.15) is 4.52 Å². The largest absolute Gasteiger partial charge is 0.370 e. The zero-order valence-electron chi connectivity index (χ0n) is 16.2. The number of thiophene rings is 1. The van der Waals surface area contributed by atoms with Crippen LogP contribution in [0.1, 0.15) is 41.5 Å². The zero-order chi connectivity index (χ0) is 19.3. The van der Waals surface area contributed by atoms with E-state index in [0.29, 0.717) is 13.2 Å². The van der Waals surface area contributed by atoms with Crippen LogP contribution in [0, 0.1) is 6.92 Å². The van der Waals surface area contributed by atoms with Crippen molar-refractivity contribution in [2.24, 2.45) is 0 Å². The molecule has 7 nitrogen and oxygen atoms in total. The summed E-state index contributed by atoms with van der Waals surface area (Å²) in [5, 5.41) is 9.25. The summed E-state index contributed by atoms with van der Waals surface area (Å²) >= 11 is 1.72. The maximum Gasteiger partial charge on any atom is 0.168 e. The Balaban J connectivity index is 1.51. The van der Waals surface area contributed by atoms with Gasteiger partial charge in [-0.05, 0) is 44.0 Å². The molecular formula is C20H22N6OS. The van der Waals surface area contributed by atoms with Crippen molar-refractivity contribution < 1.29 is 4.74 Å². The van der Waals surface area contributed by atoms with Gasteiger partial charge in [0.25, 0.3) is 0 Å². The van der Waals surface area contributed by atoms with Crippen LogP contribution in [0.5, 0.6) is 0 Å². The third-order valence-corrected chi connectivity index (χ3v) is 6.17. The van der Waals surface area contributed by atoms with Crippen molar-refractivity contribution in [1.29, 1.82) is 0 Å². The highest BCUT2D eigenvalue weighted by atomic mass is 32.1. The van der Waals surface area contributed by atoms with Gasteiger partial charge in [-0.15, -0.1) is 16.4 Å². The zero-order valence-corrected chi connectivity index (χ0v) is 17.0. The summed E-state index contributed by atoms with van der Waals surface area (Å²) in [5.41, 5.74) is 3.24. The molecule has 1 N–H and O–H groups in total. The first-order chi connectivity index (χ1) is 13.5. The molecule has 0 unspecified atom stereocenters. The summed E-state index contributed by atoms with van der Waals surface area (Å²) in [7, 11) is 0. The van der Waals surface area contributed by atoms with Crippen LogP contribution in [-0.4, -0.2) is 30.2 Å². The van der Waals surface area contributed by atoms with Gasteiger partial charge in [0.15, 0.2) is 11.5 Å². The highest BCUT2D eigenvalue weighted by Crippen LogP contribution is 2.39. The van der Waals surface area contributed by atoms with Gasteiger partial charge in [0.05, 0.1) is 24.1 Å². The quantitative estimate of drug-likeness (QED) is 0.573.